The standard InChI is InChI=1S/C10H13N3O6/c1-11-4-2-13(10(18)12-8(4)17)9-7(16)6(15)5(3-14)19-9/h2,5-7,9,14-16H,1,3H2,(H,12,17,18)/t5-,6-,7-,9-/m1/s1. The van der Waals surface area contributed by atoms with Gasteiger partial charge in [-0.2, -0.15) is 0 Å². The van der Waals surface area contributed by atoms with Crippen molar-refractivity contribution >= 4 is 12.4 Å². The quantitative estimate of drug-likeness (QED) is 0.448. The molecule has 1 aliphatic rings. The lowest BCUT2D eigenvalue weighted by atomic mass is 10.1. The van der Waals surface area contributed by atoms with Crippen LogP contribution in [0.25, 0.3) is 0 Å². The molecule has 0 aromatic carbocycles. The molecule has 0 amide bonds. The molecule has 2 heterocycles. The number of hydrogen-bond donors (Lipinski definition) is 4. The third-order valence-electron chi connectivity index (χ3n) is 2.91. The van der Waals surface area contributed by atoms with Crippen molar-refractivity contribution in [1.82, 2.24) is 9.55 Å². The summed E-state index contributed by atoms with van der Waals surface area (Å²) in [6.45, 7) is 2.66. The molecule has 0 unspecified atom stereocenters. The SMILES string of the molecule is C=Nc1cn([C@@H]2O[C@H](CO)[C@@H](O)[C@H]2O)c(=O)[nH]c1=O. The highest BCUT2D eigenvalue weighted by molar-refractivity contribution is 5.41. The van der Waals surface area contributed by atoms with Crippen LogP contribution in [0.3, 0.4) is 0 Å². The van der Waals surface area contributed by atoms with Crippen LogP contribution in [-0.4, -0.2) is 56.5 Å². The number of rotatable bonds is 3. The van der Waals surface area contributed by atoms with Crippen molar-refractivity contribution in [2.24, 2.45) is 4.99 Å². The predicted molar refractivity (Wildman–Crippen MR) is 63.5 cm³/mol. The first kappa shape index (κ1) is 13.6. The van der Waals surface area contributed by atoms with Gasteiger partial charge in [-0.3, -0.25) is 19.3 Å². The zero-order valence-corrected chi connectivity index (χ0v) is 9.76. The minimum absolute atomic E-state index is 0.127. The summed E-state index contributed by atoms with van der Waals surface area (Å²) < 4.78 is 6.05. The number of aromatic nitrogens is 2. The van der Waals surface area contributed by atoms with E-state index in [2.05, 4.69) is 11.7 Å². The first-order chi connectivity index (χ1) is 8.99. The van der Waals surface area contributed by atoms with Crippen molar-refractivity contribution in [3.05, 3.63) is 27.0 Å². The van der Waals surface area contributed by atoms with Gasteiger partial charge in [-0.15, -0.1) is 0 Å². The maximum absolute atomic E-state index is 11.7. The number of aliphatic imine (C=N–C) groups is 1. The number of aromatic amines is 1. The van der Waals surface area contributed by atoms with Crippen molar-refractivity contribution in [3.8, 4) is 0 Å². The molecule has 19 heavy (non-hydrogen) atoms. The van der Waals surface area contributed by atoms with Gasteiger partial charge in [-0.1, -0.05) is 0 Å². The molecule has 0 radical (unpaired) electrons. The zero-order valence-electron chi connectivity index (χ0n) is 9.76. The Morgan fingerprint density at radius 2 is 2.11 bits per heavy atom. The second-order valence-electron chi connectivity index (χ2n) is 4.07. The number of nitrogens with one attached hydrogen (secondary N) is 1. The topological polar surface area (TPSA) is 137 Å². The van der Waals surface area contributed by atoms with E-state index in [1.165, 1.54) is 0 Å². The Hall–Kier alpha value is -1.81. The van der Waals surface area contributed by atoms with Crippen molar-refractivity contribution < 1.29 is 20.1 Å². The van der Waals surface area contributed by atoms with Gasteiger partial charge in [0, 0.05) is 6.20 Å². The summed E-state index contributed by atoms with van der Waals surface area (Å²) in [6, 6.07) is 0. The summed E-state index contributed by atoms with van der Waals surface area (Å²) in [5, 5.41) is 28.4. The van der Waals surface area contributed by atoms with Gasteiger partial charge >= 0.3 is 5.69 Å². The molecule has 0 spiro atoms. The van der Waals surface area contributed by atoms with Crippen molar-refractivity contribution in [2.45, 2.75) is 24.5 Å². The smallest absolute Gasteiger partial charge is 0.330 e. The van der Waals surface area contributed by atoms with Gasteiger partial charge in [0.15, 0.2) is 6.23 Å². The fraction of sp³-hybridized carbons (Fsp3) is 0.500. The van der Waals surface area contributed by atoms with E-state index in [4.69, 9.17) is 9.84 Å². The van der Waals surface area contributed by atoms with Crippen LogP contribution >= 0.6 is 0 Å². The van der Waals surface area contributed by atoms with Crippen molar-refractivity contribution in [1.29, 1.82) is 0 Å². The van der Waals surface area contributed by atoms with E-state index in [0.717, 1.165) is 10.8 Å². The number of aliphatic hydroxyl groups is 3. The van der Waals surface area contributed by atoms with E-state index in [1.54, 1.807) is 0 Å². The average Bonchev–Trinajstić information content (AvgIpc) is 2.67. The van der Waals surface area contributed by atoms with Crippen LogP contribution in [0.15, 0.2) is 20.8 Å². The molecular formula is C10H13N3O6. The summed E-state index contributed by atoms with van der Waals surface area (Å²) in [6.07, 6.45) is -3.93. The summed E-state index contributed by atoms with van der Waals surface area (Å²) in [5.74, 6) is 0. The Morgan fingerprint density at radius 3 is 2.63 bits per heavy atom. The average molecular weight is 271 g/mol. The molecular weight excluding hydrogens is 258 g/mol. The van der Waals surface area contributed by atoms with Gasteiger partial charge in [0.25, 0.3) is 5.56 Å². The first-order valence-electron chi connectivity index (χ1n) is 5.44. The monoisotopic (exact) mass is 271 g/mol. The molecule has 1 fully saturated rings. The second kappa shape index (κ2) is 5.05. The molecule has 1 aromatic heterocycles. The second-order valence-corrected chi connectivity index (χ2v) is 4.07. The molecule has 2 rings (SSSR count). The predicted octanol–water partition coefficient (Wildman–Crippen LogP) is -2.52. The number of nitrogens with zero attached hydrogens (tertiary/aromatic N) is 2. The van der Waals surface area contributed by atoms with Crippen LogP contribution in [0.4, 0.5) is 5.69 Å². The number of aliphatic hydroxyl groups excluding tert-OH is 3. The Bertz CT molecular complexity index is 594. The highest BCUT2D eigenvalue weighted by Gasteiger charge is 2.43. The largest absolute Gasteiger partial charge is 0.394 e. The number of hydrogen-bond acceptors (Lipinski definition) is 7. The summed E-state index contributed by atoms with van der Waals surface area (Å²) in [5.41, 5.74) is -1.67. The molecule has 104 valence electrons. The molecule has 9 heteroatoms. The van der Waals surface area contributed by atoms with Crippen LogP contribution in [0, 0.1) is 0 Å². The van der Waals surface area contributed by atoms with Gasteiger partial charge in [0.1, 0.15) is 24.0 Å². The molecule has 1 aromatic rings. The molecule has 0 bridgehead atoms. The van der Waals surface area contributed by atoms with Crippen LogP contribution in [0.5, 0.6) is 0 Å². The van der Waals surface area contributed by atoms with E-state index in [0.29, 0.717) is 0 Å². The fourth-order valence-corrected chi connectivity index (χ4v) is 1.89. The van der Waals surface area contributed by atoms with E-state index >= 15 is 0 Å². The number of ether oxygens (including phenoxy) is 1. The van der Waals surface area contributed by atoms with Crippen LogP contribution in [-0.2, 0) is 4.74 Å². The molecule has 4 N–H and O–H groups in total. The van der Waals surface area contributed by atoms with E-state index in [-0.39, 0.29) is 5.69 Å². The van der Waals surface area contributed by atoms with E-state index in [1.807, 2.05) is 4.98 Å². The molecule has 9 nitrogen and oxygen atoms in total. The molecule has 0 aliphatic carbocycles. The highest BCUT2D eigenvalue weighted by atomic mass is 16.6. The van der Waals surface area contributed by atoms with Crippen LogP contribution in [0.2, 0.25) is 0 Å². The lowest BCUT2D eigenvalue weighted by Gasteiger charge is -2.17. The maximum Gasteiger partial charge on any atom is 0.330 e. The highest BCUT2D eigenvalue weighted by Crippen LogP contribution is 2.28. The lowest BCUT2D eigenvalue weighted by Crippen LogP contribution is -2.37. The Kier molecular flexibility index (Phi) is 3.62. The lowest BCUT2D eigenvalue weighted by molar-refractivity contribution is -0.0549. The van der Waals surface area contributed by atoms with Gasteiger partial charge in [0.05, 0.1) is 6.61 Å². The third kappa shape index (κ3) is 2.24. The number of H-pyrrole nitrogens is 1. The normalized spacial score (nSPS) is 30.5. The molecule has 0 saturated carbocycles. The summed E-state index contributed by atoms with van der Waals surface area (Å²) in [4.78, 5) is 28.4. The minimum atomic E-state index is -1.42. The van der Waals surface area contributed by atoms with E-state index in [9.17, 15) is 19.8 Å². The minimum Gasteiger partial charge on any atom is -0.394 e. The van der Waals surface area contributed by atoms with Gasteiger partial charge in [-0.25, -0.2) is 4.79 Å². The molecule has 4 atom stereocenters. The van der Waals surface area contributed by atoms with Gasteiger partial charge in [0.2, 0.25) is 0 Å². The Labute approximate surface area is 106 Å². The first-order valence-corrected chi connectivity index (χ1v) is 5.44. The van der Waals surface area contributed by atoms with Crippen LogP contribution in [0.1, 0.15) is 6.23 Å². The molecule has 1 aliphatic heterocycles. The fourth-order valence-electron chi connectivity index (χ4n) is 1.89. The third-order valence-corrected chi connectivity index (χ3v) is 2.91. The van der Waals surface area contributed by atoms with Crippen LogP contribution < -0.4 is 11.2 Å². The summed E-state index contributed by atoms with van der Waals surface area (Å²) >= 11 is 0. The Morgan fingerprint density at radius 1 is 1.42 bits per heavy atom. The summed E-state index contributed by atoms with van der Waals surface area (Å²) in [7, 11) is 0. The van der Waals surface area contributed by atoms with E-state index < -0.39 is 42.4 Å². The maximum atomic E-state index is 11.7. The Balaban J connectivity index is 2.46. The van der Waals surface area contributed by atoms with Gasteiger partial charge in [-0.05, 0) is 6.72 Å². The van der Waals surface area contributed by atoms with Crippen molar-refractivity contribution in [2.75, 3.05) is 6.61 Å². The molecule has 1 saturated heterocycles. The van der Waals surface area contributed by atoms with Crippen molar-refractivity contribution in [3.63, 3.8) is 0 Å². The zero-order chi connectivity index (χ0) is 14.2. The van der Waals surface area contributed by atoms with Gasteiger partial charge < -0.3 is 20.1 Å².